The molecule has 102 valence electrons. The van der Waals surface area contributed by atoms with E-state index in [1.807, 2.05) is 12.1 Å². The molecular weight excluding hydrogens is 298 g/mol. The van der Waals surface area contributed by atoms with Gasteiger partial charge in [0.2, 0.25) is 5.28 Å². The second kappa shape index (κ2) is 4.57. The molecule has 3 aromatic rings. The molecule has 0 atom stereocenters. The molecule has 3 rings (SSSR count). The maximum atomic E-state index is 11.4. The van der Waals surface area contributed by atoms with E-state index in [4.69, 9.17) is 11.6 Å². The molecule has 0 saturated carbocycles. The Morgan fingerprint density at radius 3 is 2.45 bits per heavy atom. The molecule has 0 amide bonds. The Balaban J connectivity index is 2.14. The number of sulfone groups is 1. The number of hydrogen-bond donors (Lipinski definition) is 0. The Kier molecular flexibility index (Phi) is 2.99. The SMILES string of the molecule is CS(=O)(=O)c1ccc(-c2ccc3cnc(Cl)nn23)cc1. The van der Waals surface area contributed by atoms with Gasteiger partial charge >= 0.3 is 0 Å². The smallest absolute Gasteiger partial charge is 0.229 e. The summed E-state index contributed by atoms with van der Waals surface area (Å²) < 4.78 is 24.6. The summed E-state index contributed by atoms with van der Waals surface area (Å²) >= 11 is 5.80. The Bertz CT molecular complexity index is 886. The second-order valence-corrected chi connectivity index (χ2v) is 6.73. The lowest BCUT2D eigenvalue weighted by atomic mass is 10.2. The molecule has 0 aliphatic carbocycles. The molecule has 1 aromatic carbocycles. The highest BCUT2D eigenvalue weighted by Gasteiger charge is 2.10. The van der Waals surface area contributed by atoms with Gasteiger partial charge in [-0.3, -0.25) is 0 Å². The van der Waals surface area contributed by atoms with Crippen LogP contribution in [0.2, 0.25) is 5.28 Å². The van der Waals surface area contributed by atoms with Crippen LogP contribution in [-0.2, 0) is 9.84 Å². The molecule has 0 radical (unpaired) electrons. The van der Waals surface area contributed by atoms with Crippen molar-refractivity contribution in [2.75, 3.05) is 6.26 Å². The lowest BCUT2D eigenvalue weighted by molar-refractivity contribution is 0.602. The van der Waals surface area contributed by atoms with Crippen molar-refractivity contribution in [1.82, 2.24) is 14.6 Å². The lowest BCUT2D eigenvalue weighted by Gasteiger charge is -2.04. The van der Waals surface area contributed by atoms with E-state index in [0.29, 0.717) is 0 Å². The first kappa shape index (κ1) is 13.1. The van der Waals surface area contributed by atoms with Crippen LogP contribution in [0.5, 0.6) is 0 Å². The van der Waals surface area contributed by atoms with Crippen molar-refractivity contribution >= 4 is 27.0 Å². The van der Waals surface area contributed by atoms with E-state index in [1.54, 1.807) is 35.0 Å². The summed E-state index contributed by atoms with van der Waals surface area (Å²) in [6.45, 7) is 0. The van der Waals surface area contributed by atoms with Gasteiger partial charge in [-0.2, -0.15) is 0 Å². The van der Waals surface area contributed by atoms with Crippen molar-refractivity contribution in [3.63, 3.8) is 0 Å². The highest BCUT2D eigenvalue weighted by molar-refractivity contribution is 7.90. The van der Waals surface area contributed by atoms with E-state index < -0.39 is 9.84 Å². The van der Waals surface area contributed by atoms with E-state index in [-0.39, 0.29) is 10.2 Å². The van der Waals surface area contributed by atoms with Crippen molar-refractivity contribution in [3.05, 3.63) is 47.9 Å². The number of hydrogen-bond acceptors (Lipinski definition) is 4. The topological polar surface area (TPSA) is 64.3 Å². The fourth-order valence-electron chi connectivity index (χ4n) is 1.97. The summed E-state index contributed by atoms with van der Waals surface area (Å²) in [6, 6.07) is 10.4. The van der Waals surface area contributed by atoms with Gasteiger partial charge < -0.3 is 0 Å². The summed E-state index contributed by atoms with van der Waals surface area (Å²) in [4.78, 5) is 4.20. The van der Waals surface area contributed by atoms with Gasteiger partial charge in [0.1, 0.15) is 0 Å². The number of nitrogens with zero attached hydrogens (tertiary/aromatic N) is 3. The van der Waals surface area contributed by atoms with Crippen LogP contribution >= 0.6 is 11.6 Å². The number of fused-ring (bicyclic) bond motifs is 1. The number of benzene rings is 1. The summed E-state index contributed by atoms with van der Waals surface area (Å²) in [5.41, 5.74) is 2.49. The summed E-state index contributed by atoms with van der Waals surface area (Å²) in [5, 5.41) is 4.29. The van der Waals surface area contributed by atoms with Crippen LogP contribution in [0.25, 0.3) is 16.8 Å². The average molecular weight is 308 g/mol. The molecule has 0 aliphatic heterocycles. The predicted molar refractivity (Wildman–Crippen MR) is 76.5 cm³/mol. The molecule has 0 fully saturated rings. The van der Waals surface area contributed by atoms with Crippen molar-refractivity contribution in [2.24, 2.45) is 0 Å². The summed E-state index contributed by atoms with van der Waals surface area (Å²) in [6.07, 6.45) is 2.81. The van der Waals surface area contributed by atoms with E-state index in [1.165, 1.54) is 6.26 Å². The first-order valence-electron chi connectivity index (χ1n) is 5.76. The minimum absolute atomic E-state index is 0.155. The second-order valence-electron chi connectivity index (χ2n) is 4.38. The third kappa shape index (κ3) is 2.28. The fraction of sp³-hybridized carbons (Fsp3) is 0.0769. The molecule has 0 N–H and O–H groups in total. The summed E-state index contributed by atoms with van der Waals surface area (Å²) in [5.74, 6) is 0. The number of halogens is 1. The standard InChI is InChI=1S/C13H10ClN3O2S/c1-20(18,19)11-5-2-9(3-6-11)12-7-4-10-8-15-13(14)16-17(10)12/h2-8H,1H3. The molecule has 2 heterocycles. The Hall–Kier alpha value is -1.92. The minimum Gasteiger partial charge on any atom is -0.229 e. The maximum absolute atomic E-state index is 11.4. The van der Waals surface area contributed by atoms with Gasteiger partial charge in [-0.05, 0) is 35.9 Å². The molecule has 0 bridgehead atoms. The highest BCUT2D eigenvalue weighted by atomic mass is 35.5. The van der Waals surface area contributed by atoms with Crippen molar-refractivity contribution in [3.8, 4) is 11.3 Å². The third-order valence-corrected chi connectivity index (χ3v) is 4.25. The quantitative estimate of drug-likeness (QED) is 0.729. The lowest BCUT2D eigenvalue weighted by Crippen LogP contribution is -1.98. The number of aromatic nitrogens is 3. The van der Waals surface area contributed by atoms with Crippen molar-refractivity contribution < 1.29 is 8.42 Å². The molecule has 7 heteroatoms. The van der Waals surface area contributed by atoms with Crippen LogP contribution in [0, 0.1) is 0 Å². The zero-order valence-corrected chi connectivity index (χ0v) is 12.1. The number of rotatable bonds is 2. The Morgan fingerprint density at radius 2 is 1.80 bits per heavy atom. The van der Waals surface area contributed by atoms with Gasteiger partial charge in [-0.15, -0.1) is 5.10 Å². The van der Waals surface area contributed by atoms with Crippen molar-refractivity contribution in [1.29, 1.82) is 0 Å². The van der Waals surface area contributed by atoms with E-state index in [2.05, 4.69) is 10.1 Å². The van der Waals surface area contributed by atoms with E-state index in [9.17, 15) is 8.42 Å². The molecule has 0 saturated heterocycles. The van der Waals surface area contributed by atoms with E-state index >= 15 is 0 Å². The first-order chi connectivity index (χ1) is 9.45. The fourth-order valence-corrected chi connectivity index (χ4v) is 2.73. The van der Waals surface area contributed by atoms with Gasteiger partial charge in [-0.1, -0.05) is 12.1 Å². The Labute approximate surface area is 120 Å². The van der Waals surface area contributed by atoms with Crippen LogP contribution < -0.4 is 0 Å². The van der Waals surface area contributed by atoms with Gasteiger partial charge in [0.25, 0.3) is 0 Å². The minimum atomic E-state index is -3.19. The average Bonchev–Trinajstić information content (AvgIpc) is 2.81. The van der Waals surface area contributed by atoms with Crippen LogP contribution in [-0.4, -0.2) is 29.3 Å². The van der Waals surface area contributed by atoms with Gasteiger partial charge in [0, 0.05) is 11.8 Å². The molecular formula is C13H10ClN3O2S. The zero-order valence-electron chi connectivity index (χ0n) is 10.5. The van der Waals surface area contributed by atoms with Gasteiger partial charge in [0.05, 0.1) is 22.3 Å². The van der Waals surface area contributed by atoms with Gasteiger partial charge in [-0.25, -0.2) is 17.9 Å². The zero-order chi connectivity index (χ0) is 14.3. The van der Waals surface area contributed by atoms with Crippen LogP contribution in [0.3, 0.4) is 0 Å². The third-order valence-electron chi connectivity index (χ3n) is 2.95. The van der Waals surface area contributed by atoms with Crippen LogP contribution in [0.4, 0.5) is 0 Å². The molecule has 0 spiro atoms. The molecule has 20 heavy (non-hydrogen) atoms. The van der Waals surface area contributed by atoms with Crippen molar-refractivity contribution in [2.45, 2.75) is 4.90 Å². The maximum Gasteiger partial charge on any atom is 0.241 e. The molecule has 0 aliphatic rings. The Morgan fingerprint density at radius 1 is 1.10 bits per heavy atom. The van der Waals surface area contributed by atoms with Crippen LogP contribution in [0.1, 0.15) is 0 Å². The predicted octanol–water partition coefficient (Wildman–Crippen LogP) is 2.45. The largest absolute Gasteiger partial charge is 0.241 e. The molecule has 5 nitrogen and oxygen atoms in total. The summed E-state index contributed by atoms with van der Waals surface area (Å²) in [7, 11) is -3.19. The van der Waals surface area contributed by atoms with E-state index in [0.717, 1.165) is 16.8 Å². The first-order valence-corrected chi connectivity index (χ1v) is 8.03. The molecule has 2 aromatic heterocycles. The molecule has 0 unspecified atom stereocenters. The normalized spacial score (nSPS) is 11.9. The highest BCUT2D eigenvalue weighted by Crippen LogP contribution is 2.23. The van der Waals surface area contributed by atoms with Crippen LogP contribution in [0.15, 0.2) is 47.5 Å². The monoisotopic (exact) mass is 307 g/mol. The van der Waals surface area contributed by atoms with Gasteiger partial charge in [0.15, 0.2) is 9.84 Å².